The molecule has 2 aromatic rings. The van der Waals surface area contributed by atoms with E-state index >= 15 is 0 Å². The van der Waals surface area contributed by atoms with Crippen molar-refractivity contribution in [3.63, 3.8) is 0 Å². The lowest BCUT2D eigenvalue weighted by Gasteiger charge is -2.16. The molecule has 0 atom stereocenters. The van der Waals surface area contributed by atoms with Gasteiger partial charge < -0.3 is 0 Å². The van der Waals surface area contributed by atoms with Crippen LogP contribution in [0.2, 0.25) is 19.6 Å². The van der Waals surface area contributed by atoms with Crippen LogP contribution in [0.25, 0.3) is 11.3 Å². The lowest BCUT2D eigenvalue weighted by molar-refractivity contribution is 1.31. The van der Waals surface area contributed by atoms with Crippen molar-refractivity contribution in [1.29, 1.82) is 0 Å². The second-order valence-corrected chi connectivity index (χ2v) is 11.2. The summed E-state index contributed by atoms with van der Waals surface area (Å²) in [5.74, 6) is 0. The minimum atomic E-state index is -1.19. The Morgan fingerprint density at radius 2 is 1.59 bits per heavy atom. The first kappa shape index (κ1) is 12.5. The number of pyridine rings is 1. The second kappa shape index (κ2) is 4.74. The fraction of sp³-hybridized carbons (Fsp3) is 0.214. The SMILES string of the molecule is C[Si](C)(C)c1ccc(-c2ccc(Br)cn2)cc1. The van der Waals surface area contributed by atoms with Gasteiger partial charge in [0.2, 0.25) is 0 Å². The maximum Gasteiger partial charge on any atom is 0.0775 e. The standard InChI is InChI=1S/C14H16BrNSi/c1-17(2,3)13-7-4-11(5-8-13)14-9-6-12(15)10-16-14/h4-10H,1-3H3. The molecular weight excluding hydrogens is 290 g/mol. The van der Waals surface area contributed by atoms with Gasteiger partial charge in [-0.15, -0.1) is 0 Å². The van der Waals surface area contributed by atoms with Crippen LogP contribution in [0, 0.1) is 0 Å². The van der Waals surface area contributed by atoms with Crippen LogP contribution in [-0.4, -0.2) is 13.1 Å². The monoisotopic (exact) mass is 305 g/mol. The normalized spacial score (nSPS) is 11.5. The quantitative estimate of drug-likeness (QED) is 0.763. The van der Waals surface area contributed by atoms with E-state index in [4.69, 9.17) is 0 Å². The fourth-order valence-corrected chi connectivity index (χ4v) is 3.09. The lowest BCUT2D eigenvalue weighted by atomic mass is 10.1. The molecule has 0 spiro atoms. The molecule has 0 unspecified atom stereocenters. The highest BCUT2D eigenvalue weighted by Crippen LogP contribution is 2.18. The summed E-state index contributed by atoms with van der Waals surface area (Å²) in [5.41, 5.74) is 2.20. The molecule has 0 aliphatic heterocycles. The van der Waals surface area contributed by atoms with E-state index in [-0.39, 0.29) is 0 Å². The Hall–Kier alpha value is -0.933. The Morgan fingerprint density at radius 3 is 2.06 bits per heavy atom. The van der Waals surface area contributed by atoms with Crippen LogP contribution in [0.1, 0.15) is 0 Å². The molecule has 88 valence electrons. The van der Waals surface area contributed by atoms with Gasteiger partial charge in [-0.25, -0.2) is 0 Å². The van der Waals surface area contributed by atoms with Crippen LogP contribution in [0.15, 0.2) is 47.1 Å². The summed E-state index contributed by atoms with van der Waals surface area (Å²) in [6.07, 6.45) is 1.84. The number of aromatic nitrogens is 1. The molecule has 0 amide bonds. The predicted molar refractivity (Wildman–Crippen MR) is 80.4 cm³/mol. The number of rotatable bonds is 2. The summed E-state index contributed by atoms with van der Waals surface area (Å²) < 4.78 is 1.01. The summed E-state index contributed by atoms with van der Waals surface area (Å²) in [7, 11) is -1.19. The highest BCUT2D eigenvalue weighted by Gasteiger charge is 2.15. The number of hydrogen-bond acceptors (Lipinski definition) is 1. The molecule has 17 heavy (non-hydrogen) atoms. The summed E-state index contributed by atoms with van der Waals surface area (Å²) in [6, 6.07) is 12.9. The van der Waals surface area contributed by atoms with E-state index in [1.54, 1.807) is 0 Å². The van der Waals surface area contributed by atoms with Crippen molar-refractivity contribution in [2.24, 2.45) is 0 Å². The average molecular weight is 306 g/mol. The molecule has 2 rings (SSSR count). The first-order valence-corrected chi connectivity index (χ1v) is 9.98. The van der Waals surface area contributed by atoms with Gasteiger partial charge >= 0.3 is 0 Å². The molecule has 0 bridgehead atoms. The Bertz CT molecular complexity index is 497. The second-order valence-electron chi connectivity index (χ2n) is 5.19. The van der Waals surface area contributed by atoms with Gasteiger partial charge in [0.05, 0.1) is 13.8 Å². The average Bonchev–Trinajstić information content (AvgIpc) is 2.29. The number of benzene rings is 1. The maximum atomic E-state index is 4.40. The van der Waals surface area contributed by atoms with Crippen molar-refractivity contribution < 1.29 is 0 Å². The molecule has 0 radical (unpaired) electrons. The molecule has 0 N–H and O–H groups in total. The van der Waals surface area contributed by atoms with Crippen LogP contribution in [0.5, 0.6) is 0 Å². The molecule has 0 fully saturated rings. The molecule has 1 heterocycles. The van der Waals surface area contributed by atoms with Gasteiger partial charge in [-0.3, -0.25) is 4.98 Å². The molecule has 1 nitrogen and oxygen atoms in total. The van der Waals surface area contributed by atoms with E-state index in [0.29, 0.717) is 0 Å². The zero-order valence-corrected chi connectivity index (χ0v) is 13.0. The first-order chi connectivity index (χ1) is 7.97. The minimum absolute atomic E-state index is 1.01. The van der Waals surface area contributed by atoms with Crippen molar-refractivity contribution in [2.45, 2.75) is 19.6 Å². The number of nitrogens with zero attached hydrogens (tertiary/aromatic N) is 1. The largest absolute Gasteiger partial charge is 0.255 e. The third-order valence-electron chi connectivity index (χ3n) is 2.77. The fourth-order valence-electron chi connectivity index (χ4n) is 1.69. The van der Waals surface area contributed by atoms with E-state index in [1.807, 2.05) is 18.3 Å². The Balaban J connectivity index is 2.33. The van der Waals surface area contributed by atoms with Crippen molar-refractivity contribution in [1.82, 2.24) is 4.98 Å². The maximum absolute atomic E-state index is 4.40. The van der Waals surface area contributed by atoms with E-state index in [0.717, 1.165) is 10.2 Å². The van der Waals surface area contributed by atoms with Crippen LogP contribution >= 0.6 is 15.9 Å². The summed E-state index contributed by atoms with van der Waals surface area (Å²) >= 11 is 3.40. The Kier molecular flexibility index (Phi) is 3.49. The summed E-state index contributed by atoms with van der Waals surface area (Å²) in [5, 5.41) is 1.48. The third-order valence-corrected chi connectivity index (χ3v) is 5.31. The molecule has 3 heteroatoms. The first-order valence-electron chi connectivity index (χ1n) is 5.69. The highest BCUT2D eigenvalue weighted by molar-refractivity contribution is 9.10. The summed E-state index contributed by atoms with van der Waals surface area (Å²) in [6.45, 7) is 7.08. The van der Waals surface area contributed by atoms with Crippen LogP contribution in [0.4, 0.5) is 0 Å². The van der Waals surface area contributed by atoms with E-state index < -0.39 is 8.07 Å². The molecular formula is C14H16BrNSi. The van der Waals surface area contributed by atoms with Crippen LogP contribution in [0.3, 0.4) is 0 Å². The molecule has 0 saturated heterocycles. The van der Waals surface area contributed by atoms with Crippen molar-refractivity contribution in [3.8, 4) is 11.3 Å². The highest BCUT2D eigenvalue weighted by atomic mass is 79.9. The number of hydrogen-bond donors (Lipinski definition) is 0. The topological polar surface area (TPSA) is 12.9 Å². The van der Waals surface area contributed by atoms with Gasteiger partial charge in [-0.1, -0.05) is 49.1 Å². The van der Waals surface area contributed by atoms with E-state index in [2.05, 4.69) is 64.8 Å². The van der Waals surface area contributed by atoms with Crippen LogP contribution in [-0.2, 0) is 0 Å². The van der Waals surface area contributed by atoms with Gasteiger partial charge in [0, 0.05) is 16.2 Å². The lowest BCUT2D eigenvalue weighted by Crippen LogP contribution is -2.37. The smallest absolute Gasteiger partial charge is 0.0775 e. The molecule has 0 saturated carbocycles. The van der Waals surface area contributed by atoms with Crippen molar-refractivity contribution in [2.75, 3.05) is 0 Å². The van der Waals surface area contributed by atoms with Gasteiger partial charge in [-0.2, -0.15) is 0 Å². The number of halogens is 1. The van der Waals surface area contributed by atoms with Gasteiger partial charge in [0.1, 0.15) is 0 Å². The van der Waals surface area contributed by atoms with Gasteiger partial charge in [0.25, 0.3) is 0 Å². The van der Waals surface area contributed by atoms with Gasteiger partial charge in [-0.05, 0) is 28.1 Å². The third kappa shape index (κ3) is 3.04. The molecule has 1 aromatic heterocycles. The molecule has 1 aromatic carbocycles. The summed E-state index contributed by atoms with van der Waals surface area (Å²) in [4.78, 5) is 4.40. The van der Waals surface area contributed by atoms with E-state index in [9.17, 15) is 0 Å². The van der Waals surface area contributed by atoms with Crippen molar-refractivity contribution >= 4 is 29.2 Å². The van der Waals surface area contributed by atoms with Crippen molar-refractivity contribution in [3.05, 3.63) is 47.1 Å². The van der Waals surface area contributed by atoms with E-state index in [1.165, 1.54) is 10.8 Å². The Morgan fingerprint density at radius 1 is 0.941 bits per heavy atom. The molecule has 0 aliphatic rings. The zero-order valence-electron chi connectivity index (χ0n) is 10.4. The Labute approximate surface area is 112 Å². The predicted octanol–water partition coefficient (Wildman–Crippen LogP) is 4.06. The zero-order chi connectivity index (χ0) is 12.5. The van der Waals surface area contributed by atoms with Crippen LogP contribution < -0.4 is 5.19 Å². The molecule has 0 aliphatic carbocycles. The minimum Gasteiger partial charge on any atom is -0.255 e. The van der Waals surface area contributed by atoms with Gasteiger partial charge in [0.15, 0.2) is 0 Å².